The maximum atomic E-state index is 4.47. The van der Waals surface area contributed by atoms with Crippen LogP contribution in [0.1, 0.15) is 11.6 Å². The molecule has 1 aromatic carbocycles. The van der Waals surface area contributed by atoms with Gasteiger partial charge in [0.1, 0.15) is 0 Å². The van der Waals surface area contributed by atoms with Gasteiger partial charge in [-0.25, -0.2) is 0 Å². The van der Waals surface area contributed by atoms with E-state index in [1.165, 1.54) is 0 Å². The van der Waals surface area contributed by atoms with Gasteiger partial charge in [0, 0.05) is 37.0 Å². The number of benzene rings is 1. The van der Waals surface area contributed by atoms with Crippen LogP contribution < -0.4 is 5.32 Å². The monoisotopic (exact) mass is 211 g/mol. The molecule has 0 bridgehead atoms. The maximum absolute atomic E-state index is 4.47. The lowest BCUT2D eigenvalue weighted by atomic mass is 9.95. The summed E-state index contributed by atoms with van der Waals surface area (Å²) in [4.78, 5) is 8.94. The van der Waals surface area contributed by atoms with Crippen LogP contribution in [0.2, 0.25) is 0 Å². The first kappa shape index (κ1) is 9.48. The minimum absolute atomic E-state index is 0.518. The van der Waals surface area contributed by atoms with Crippen LogP contribution in [0.25, 0.3) is 11.3 Å². The third-order valence-corrected chi connectivity index (χ3v) is 2.94. The van der Waals surface area contributed by atoms with Crippen molar-refractivity contribution in [1.82, 2.24) is 15.3 Å². The van der Waals surface area contributed by atoms with Crippen molar-refractivity contribution >= 4 is 0 Å². The highest BCUT2D eigenvalue weighted by molar-refractivity contribution is 5.62. The van der Waals surface area contributed by atoms with Crippen molar-refractivity contribution in [2.75, 3.05) is 13.1 Å². The normalized spacial score (nSPS) is 15.8. The second-order valence-corrected chi connectivity index (χ2v) is 4.01. The van der Waals surface area contributed by atoms with E-state index >= 15 is 0 Å². The van der Waals surface area contributed by atoms with Crippen LogP contribution in [0.4, 0.5) is 0 Å². The molecule has 0 amide bonds. The van der Waals surface area contributed by atoms with E-state index in [0.29, 0.717) is 5.92 Å². The van der Waals surface area contributed by atoms with Gasteiger partial charge in [0.15, 0.2) is 0 Å². The zero-order valence-electron chi connectivity index (χ0n) is 8.93. The average molecular weight is 211 g/mol. The lowest BCUT2D eigenvalue weighted by Gasteiger charge is -2.27. The fourth-order valence-electron chi connectivity index (χ4n) is 1.95. The van der Waals surface area contributed by atoms with Crippen molar-refractivity contribution < 1.29 is 0 Å². The molecule has 1 N–H and O–H groups in total. The van der Waals surface area contributed by atoms with Gasteiger partial charge in [0.05, 0.1) is 11.4 Å². The molecular formula is C13H13N3. The van der Waals surface area contributed by atoms with Crippen molar-refractivity contribution in [3.63, 3.8) is 0 Å². The molecule has 2 aromatic rings. The number of hydrogen-bond acceptors (Lipinski definition) is 3. The molecule has 3 nitrogen and oxygen atoms in total. The molecule has 1 fully saturated rings. The van der Waals surface area contributed by atoms with Gasteiger partial charge in [-0.15, -0.1) is 0 Å². The van der Waals surface area contributed by atoms with E-state index in [-0.39, 0.29) is 0 Å². The Kier molecular flexibility index (Phi) is 2.38. The smallest absolute Gasteiger partial charge is 0.0921 e. The molecule has 0 saturated carbocycles. The summed E-state index contributed by atoms with van der Waals surface area (Å²) in [5.41, 5.74) is 3.29. The van der Waals surface area contributed by atoms with E-state index in [1.54, 1.807) is 12.4 Å². The molecule has 1 saturated heterocycles. The zero-order valence-corrected chi connectivity index (χ0v) is 8.93. The molecule has 80 valence electrons. The van der Waals surface area contributed by atoms with Crippen molar-refractivity contribution in [2.45, 2.75) is 5.92 Å². The van der Waals surface area contributed by atoms with E-state index in [2.05, 4.69) is 27.4 Å². The summed E-state index contributed by atoms with van der Waals surface area (Å²) in [5, 5.41) is 3.27. The predicted molar refractivity (Wildman–Crippen MR) is 63.1 cm³/mol. The summed E-state index contributed by atoms with van der Waals surface area (Å²) < 4.78 is 0. The van der Waals surface area contributed by atoms with Crippen LogP contribution >= 0.6 is 0 Å². The molecule has 1 aromatic heterocycles. The molecule has 3 heteroatoms. The Morgan fingerprint density at radius 1 is 1.00 bits per heavy atom. The second-order valence-electron chi connectivity index (χ2n) is 4.01. The van der Waals surface area contributed by atoms with Gasteiger partial charge in [-0.05, 0) is 0 Å². The second kappa shape index (κ2) is 4.02. The molecule has 0 spiro atoms. The number of nitrogens with zero attached hydrogens (tertiary/aromatic N) is 2. The molecule has 0 atom stereocenters. The van der Waals surface area contributed by atoms with Crippen LogP contribution in [-0.4, -0.2) is 23.1 Å². The van der Waals surface area contributed by atoms with E-state index in [4.69, 9.17) is 0 Å². The van der Waals surface area contributed by atoms with Crippen molar-refractivity contribution in [2.24, 2.45) is 0 Å². The number of hydrogen-bond donors (Lipinski definition) is 1. The highest BCUT2D eigenvalue weighted by Gasteiger charge is 2.23. The number of aromatic nitrogens is 2. The first-order valence-electron chi connectivity index (χ1n) is 5.52. The van der Waals surface area contributed by atoms with Crippen LogP contribution in [0.15, 0.2) is 42.7 Å². The van der Waals surface area contributed by atoms with Gasteiger partial charge >= 0.3 is 0 Å². The van der Waals surface area contributed by atoms with Crippen molar-refractivity contribution in [3.05, 3.63) is 48.4 Å². The molecule has 3 rings (SSSR count). The summed E-state index contributed by atoms with van der Waals surface area (Å²) in [5.74, 6) is 0.518. The Morgan fingerprint density at radius 2 is 1.75 bits per heavy atom. The molecule has 16 heavy (non-hydrogen) atoms. The van der Waals surface area contributed by atoms with Crippen LogP contribution in [0.5, 0.6) is 0 Å². The van der Waals surface area contributed by atoms with Gasteiger partial charge in [-0.3, -0.25) is 9.97 Å². The van der Waals surface area contributed by atoms with Crippen LogP contribution in [-0.2, 0) is 0 Å². The highest BCUT2D eigenvalue weighted by atomic mass is 15.0. The van der Waals surface area contributed by atoms with Crippen molar-refractivity contribution in [1.29, 1.82) is 0 Å². The number of nitrogens with one attached hydrogen (secondary N) is 1. The third-order valence-electron chi connectivity index (χ3n) is 2.94. The third kappa shape index (κ3) is 1.59. The van der Waals surface area contributed by atoms with E-state index in [9.17, 15) is 0 Å². The Balaban J connectivity index is 2.06. The topological polar surface area (TPSA) is 37.8 Å². The Bertz CT molecular complexity index is 478. The highest BCUT2D eigenvalue weighted by Crippen LogP contribution is 2.27. The first-order valence-corrected chi connectivity index (χ1v) is 5.52. The SMILES string of the molecule is c1ccc(-c2nccnc2C2CNC2)cc1. The Hall–Kier alpha value is -1.74. The van der Waals surface area contributed by atoms with Crippen molar-refractivity contribution in [3.8, 4) is 11.3 Å². The largest absolute Gasteiger partial charge is 0.315 e. The van der Waals surface area contributed by atoms with E-state index in [0.717, 1.165) is 30.0 Å². The summed E-state index contributed by atoms with van der Waals surface area (Å²) >= 11 is 0. The van der Waals surface area contributed by atoms with Crippen LogP contribution in [0, 0.1) is 0 Å². The van der Waals surface area contributed by atoms with Gasteiger partial charge < -0.3 is 5.32 Å². The first-order chi connectivity index (χ1) is 7.95. The van der Waals surface area contributed by atoms with Gasteiger partial charge in [-0.2, -0.15) is 0 Å². The zero-order chi connectivity index (χ0) is 10.8. The minimum Gasteiger partial charge on any atom is -0.315 e. The summed E-state index contributed by atoms with van der Waals surface area (Å²) in [6, 6.07) is 10.3. The van der Waals surface area contributed by atoms with Gasteiger partial charge in [-0.1, -0.05) is 30.3 Å². The van der Waals surface area contributed by atoms with Gasteiger partial charge in [0.25, 0.3) is 0 Å². The molecule has 0 aliphatic carbocycles. The minimum atomic E-state index is 0.518. The molecule has 1 aliphatic heterocycles. The van der Waals surface area contributed by atoms with E-state index < -0.39 is 0 Å². The Morgan fingerprint density at radius 3 is 2.44 bits per heavy atom. The summed E-state index contributed by atoms with van der Waals surface area (Å²) in [6.07, 6.45) is 3.54. The quantitative estimate of drug-likeness (QED) is 0.823. The standard InChI is InChI=1S/C13H13N3/c1-2-4-10(5-3-1)12-13(11-8-14-9-11)16-7-6-15-12/h1-7,11,14H,8-9H2. The molecule has 0 radical (unpaired) electrons. The summed E-state index contributed by atoms with van der Waals surface area (Å²) in [6.45, 7) is 2.02. The lowest BCUT2D eigenvalue weighted by Crippen LogP contribution is -2.40. The Labute approximate surface area is 94.6 Å². The lowest BCUT2D eigenvalue weighted by molar-refractivity contribution is 0.439. The number of rotatable bonds is 2. The fourth-order valence-corrected chi connectivity index (χ4v) is 1.95. The molecule has 0 unspecified atom stereocenters. The molecular weight excluding hydrogens is 198 g/mol. The fraction of sp³-hybridized carbons (Fsp3) is 0.231. The summed E-state index contributed by atoms with van der Waals surface area (Å²) in [7, 11) is 0. The molecule has 1 aliphatic rings. The van der Waals surface area contributed by atoms with Crippen LogP contribution in [0.3, 0.4) is 0 Å². The van der Waals surface area contributed by atoms with E-state index in [1.807, 2.05) is 18.2 Å². The molecule has 2 heterocycles. The maximum Gasteiger partial charge on any atom is 0.0921 e. The van der Waals surface area contributed by atoms with Gasteiger partial charge in [0.2, 0.25) is 0 Å². The average Bonchev–Trinajstić information content (AvgIpc) is 2.29. The predicted octanol–water partition coefficient (Wildman–Crippen LogP) is 1.83.